The van der Waals surface area contributed by atoms with Crippen LogP contribution in [0.1, 0.15) is 13.8 Å². The third-order valence-electron chi connectivity index (χ3n) is 2.52. The van der Waals surface area contributed by atoms with Crippen LogP contribution in [0.15, 0.2) is 24.3 Å². The lowest BCUT2D eigenvalue weighted by molar-refractivity contribution is 0.123. The number of likely N-dealkylation sites (N-methyl/N-ethyl adjacent to an activating group) is 1. The maximum absolute atomic E-state index is 12.0. The first-order chi connectivity index (χ1) is 8.67. The van der Waals surface area contributed by atoms with Crippen LogP contribution in [0.4, 0.5) is 16.2 Å². The van der Waals surface area contributed by atoms with Crippen LogP contribution >= 0.6 is 0 Å². The molecule has 5 heteroatoms. The van der Waals surface area contributed by atoms with E-state index in [4.69, 9.17) is 10.5 Å². The Labute approximate surface area is 108 Å². The van der Waals surface area contributed by atoms with Crippen molar-refractivity contribution in [2.45, 2.75) is 13.8 Å². The molecular formula is C13H21N3O2. The number of rotatable bonds is 6. The molecule has 1 aromatic carbocycles. The van der Waals surface area contributed by atoms with Gasteiger partial charge in [-0.15, -0.1) is 0 Å². The molecule has 0 radical (unpaired) electrons. The molecule has 1 rings (SSSR count). The molecule has 2 amide bonds. The van der Waals surface area contributed by atoms with Crippen molar-refractivity contribution in [3.8, 4) is 0 Å². The molecule has 0 fully saturated rings. The van der Waals surface area contributed by atoms with E-state index in [2.05, 4.69) is 5.32 Å². The molecule has 18 heavy (non-hydrogen) atoms. The number of hydrogen-bond acceptors (Lipinski definition) is 3. The fourth-order valence-corrected chi connectivity index (χ4v) is 1.54. The van der Waals surface area contributed by atoms with Crippen LogP contribution in [0.2, 0.25) is 0 Å². The minimum absolute atomic E-state index is 0.136. The minimum atomic E-state index is -0.136. The van der Waals surface area contributed by atoms with Gasteiger partial charge in [-0.05, 0) is 32.0 Å². The molecule has 0 aromatic heterocycles. The van der Waals surface area contributed by atoms with Crippen LogP contribution in [-0.2, 0) is 4.74 Å². The summed E-state index contributed by atoms with van der Waals surface area (Å²) in [7, 11) is 0. The Kier molecular flexibility index (Phi) is 6.00. The van der Waals surface area contributed by atoms with Crippen molar-refractivity contribution >= 4 is 17.4 Å². The summed E-state index contributed by atoms with van der Waals surface area (Å²) >= 11 is 0. The molecule has 0 heterocycles. The zero-order valence-corrected chi connectivity index (χ0v) is 11.0. The summed E-state index contributed by atoms with van der Waals surface area (Å²) in [5, 5.41) is 2.81. The maximum atomic E-state index is 12.0. The van der Waals surface area contributed by atoms with Crippen molar-refractivity contribution in [1.82, 2.24) is 4.90 Å². The zero-order chi connectivity index (χ0) is 13.4. The highest BCUT2D eigenvalue weighted by molar-refractivity contribution is 5.89. The summed E-state index contributed by atoms with van der Waals surface area (Å²) in [4.78, 5) is 13.7. The normalized spacial score (nSPS) is 10.1. The second-order valence-corrected chi connectivity index (χ2v) is 3.83. The Bertz CT molecular complexity index is 382. The topological polar surface area (TPSA) is 67.6 Å². The molecule has 5 nitrogen and oxygen atoms in total. The summed E-state index contributed by atoms with van der Waals surface area (Å²) in [5.74, 6) is 0. The Morgan fingerprint density at radius 3 is 2.83 bits per heavy atom. The van der Waals surface area contributed by atoms with E-state index in [1.807, 2.05) is 19.9 Å². The van der Waals surface area contributed by atoms with Crippen molar-refractivity contribution in [2.24, 2.45) is 0 Å². The van der Waals surface area contributed by atoms with Crippen molar-refractivity contribution in [2.75, 3.05) is 37.4 Å². The van der Waals surface area contributed by atoms with Gasteiger partial charge in [0.05, 0.1) is 6.61 Å². The first-order valence-electron chi connectivity index (χ1n) is 6.16. The molecule has 0 aliphatic rings. The van der Waals surface area contributed by atoms with Gasteiger partial charge in [-0.3, -0.25) is 0 Å². The molecule has 0 spiro atoms. The Morgan fingerprint density at radius 2 is 2.22 bits per heavy atom. The van der Waals surface area contributed by atoms with E-state index in [0.717, 1.165) is 0 Å². The number of nitrogens with one attached hydrogen (secondary N) is 1. The Balaban J connectivity index is 2.51. The fourth-order valence-electron chi connectivity index (χ4n) is 1.54. The second kappa shape index (κ2) is 7.55. The molecule has 0 unspecified atom stereocenters. The van der Waals surface area contributed by atoms with E-state index >= 15 is 0 Å². The lowest BCUT2D eigenvalue weighted by atomic mass is 10.3. The number of carbonyl (C=O) groups is 1. The van der Waals surface area contributed by atoms with Gasteiger partial charge in [0.25, 0.3) is 0 Å². The molecule has 0 bridgehead atoms. The molecule has 3 N–H and O–H groups in total. The highest BCUT2D eigenvalue weighted by Crippen LogP contribution is 2.12. The van der Waals surface area contributed by atoms with Crippen LogP contribution in [0.5, 0.6) is 0 Å². The Hall–Kier alpha value is -1.75. The molecule has 0 saturated heterocycles. The number of nitrogen functional groups attached to an aromatic ring is 1. The summed E-state index contributed by atoms with van der Waals surface area (Å²) in [6.45, 7) is 6.30. The van der Waals surface area contributed by atoms with Gasteiger partial charge < -0.3 is 20.7 Å². The van der Waals surface area contributed by atoms with Crippen molar-refractivity contribution in [1.29, 1.82) is 0 Å². The van der Waals surface area contributed by atoms with Crippen molar-refractivity contribution in [3.63, 3.8) is 0 Å². The monoisotopic (exact) mass is 251 g/mol. The Morgan fingerprint density at radius 1 is 1.44 bits per heavy atom. The standard InChI is InChI=1S/C13H21N3O2/c1-3-16(8-9-18-4-2)13(17)15-12-7-5-6-11(14)10-12/h5-7,10H,3-4,8-9,14H2,1-2H3,(H,15,17). The molecular weight excluding hydrogens is 230 g/mol. The average Bonchev–Trinajstić information content (AvgIpc) is 2.34. The van der Waals surface area contributed by atoms with E-state index < -0.39 is 0 Å². The van der Waals surface area contributed by atoms with Crippen LogP contribution in [0.25, 0.3) is 0 Å². The van der Waals surface area contributed by atoms with E-state index in [0.29, 0.717) is 37.7 Å². The number of hydrogen-bond donors (Lipinski definition) is 2. The number of amides is 2. The van der Waals surface area contributed by atoms with E-state index in [1.165, 1.54) is 0 Å². The SMILES string of the molecule is CCOCCN(CC)C(=O)Nc1cccc(N)c1. The molecule has 0 atom stereocenters. The number of benzene rings is 1. The van der Waals surface area contributed by atoms with Gasteiger partial charge in [-0.25, -0.2) is 4.79 Å². The minimum Gasteiger partial charge on any atom is -0.399 e. The van der Waals surface area contributed by atoms with Gasteiger partial charge in [-0.1, -0.05) is 6.07 Å². The first kappa shape index (κ1) is 14.3. The van der Waals surface area contributed by atoms with Gasteiger partial charge in [-0.2, -0.15) is 0 Å². The molecule has 1 aromatic rings. The molecule has 0 aliphatic heterocycles. The number of urea groups is 1. The number of anilines is 2. The average molecular weight is 251 g/mol. The van der Waals surface area contributed by atoms with Gasteiger partial charge in [0, 0.05) is 31.1 Å². The number of ether oxygens (including phenoxy) is 1. The van der Waals surface area contributed by atoms with E-state index in [-0.39, 0.29) is 6.03 Å². The van der Waals surface area contributed by atoms with Crippen molar-refractivity contribution in [3.05, 3.63) is 24.3 Å². The number of nitrogens with two attached hydrogens (primary N) is 1. The van der Waals surface area contributed by atoms with Crippen LogP contribution in [0, 0.1) is 0 Å². The zero-order valence-electron chi connectivity index (χ0n) is 11.0. The smallest absolute Gasteiger partial charge is 0.321 e. The summed E-state index contributed by atoms with van der Waals surface area (Å²) in [6.07, 6.45) is 0. The van der Waals surface area contributed by atoms with Crippen LogP contribution in [-0.4, -0.2) is 37.2 Å². The lowest BCUT2D eigenvalue weighted by Crippen LogP contribution is -2.37. The maximum Gasteiger partial charge on any atom is 0.321 e. The van der Waals surface area contributed by atoms with Crippen LogP contribution < -0.4 is 11.1 Å². The van der Waals surface area contributed by atoms with E-state index in [9.17, 15) is 4.79 Å². The summed E-state index contributed by atoms with van der Waals surface area (Å²) < 4.78 is 5.24. The molecule has 0 aliphatic carbocycles. The van der Waals surface area contributed by atoms with Gasteiger partial charge in [0.15, 0.2) is 0 Å². The van der Waals surface area contributed by atoms with E-state index in [1.54, 1.807) is 23.1 Å². The summed E-state index contributed by atoms with van der Waals surface area (Å²) in [6, 6.07) is 6.99. The third-order valence-corrected chi connectivity index (χ3v) is 2.52. The number of nitrogens with zero attached hydrogens (tertiary/aromatic N) is 1. The predicted molar refractivity (Wildman–Crippen MR) is 73.6 cm³/mol. The van der Waals surface area contributed by atoms with Gasteiger partial charge >= 0.3 is 6.03 Å². The summed E-state index contributed by atoms with van der Waals surface area (Å²) in [5.41, 5.74) is 6.99. The molecule has 100 valence electrons. The third kappa shape index (κ3) is 4.63. The molecule has 0 saturated carbocycles. The highest BCUT2D eigenvalue weighted by atomic mass is 16.5. The highest BCUT2D eigenvalue weighted by Gasteiger charge is 2.11. The number of carbonyl (C=O) groups excluding carboxylic acids is 1. The van der Waals surface area contributed by atoms with Crippen LogP contribution in [0.3, 0.4) is 0 Å². The first-order valence-corrected chi connectivity index (χ1v) is 6.16. The fraction of sp³-hybridized carbons (Fsp3) is 0.462. The quantitative estimate of drug-likeness (QED) is 0.601. The van der Waals surface area contributed by atoms with Gasteiger partial charge in [0.1, 0.15) is 0 Å². The lowest BCUT2D eigenvalue weighted by Gasteiger charge is -2.21. The largest absolute Gasteiger partial charge is 0.399 e. The predicted octanol–water partition coefficient (Wildman–Crippen LogP) is 2.16. The van der Waals surface area contributed by atoms with Gasteiger partial charge in [0.2, 0.25) is 0 Å². The van der Waals surface area contributed by atoms with Crippen molar-refractivity contribution < 1.29 is 9.53 Å². The second-order valence-electron chi connectivity index (χ2n) is 3.83.